The largest absolute Gasteiger partial charge is 0.490 e. The second-order valence-electron chi connectivity index (χ2n) is 6.96. The van der Waals surface area contributed by atoms with Crippen LogP contribution < -0.4 is 20.8 Å². The van der Waals surface area contributed by atoms with Crippen molar-refractivity contribution in [3.63, 3.8) is 0 Å². The molecule has 0 fully saturated rings. The molecule has 0 saturated heterocycles. The Balaban J connectivity index is 1.77. The fraction of sp³-hybridized carbons (Fsp3) is 0.182. The number of nitrogens with two attached hydrogens (primary N) is 1. The quantitative estimate of drug-likeness (QED) is 0.488. The molecule has 5 rings (SSSR count). The van der Waals surface area contributed by atoms with Crippen molar-refractivity contribution < 1.29 is 13.9 Å². The lowest BCUT2D eigenvalue weighted by molar-refractivity contribution is 0.297. The normalized spacial score (nSPS) is 13.6. The summed E-state index contributed by atoms with van der Waals surface area (Å²) in [7, 11) is 0. The van der Waals surface area contributed by atoms with Crippen LogP contribution in [-0.4, -0.2) is 18.2 Å². The number of nitrogens with zero attached hydrogens (tertiary/aromatic N) is 1. The predicted octanol–water partition coefficient (Wildman–Crippen LogP) is 4.18. The van der Waals surface area contributed by atoms with E-state index in [-0.39, 0.29) is 11.4 Å². The van der Waals surface area contributed by atoms with E-state index in [4.69, 9.17) is 25.0 Å². The van der Waals surface area contributed by atoms with Gasteiger partial charge in [0.05, 0.1) is 24.3 Å². The van der Waals surface area contributed by atoms with Gasteiger partial charge in [-0.05, 0) is 43.3 Å². The third kappa shape index (κ3) is 2.65. The second-order valence-corrected chi connectivity index (χ2v) is 6.96. The highest BCUT2D eigenvalue weighted by molar-refractivity contribution is 6.08. The minimum absolute atomic E-state index is 0.0153. The minimum Gasteiger partial charge on any atom is -0.490 e. The van der Waals surface area contributed by atoms with Crippen molar-refractivity contribution >= 4 is 27.6 Å². The molecule has 0 aliphatic carbocycles. The molecule has 6 heteroatoms. The zero-order chi connectivity index (χ0) is 19.3. The Morgan fingerprint density at radius 3 is 2.64 bits per heavy atom. The Kier molecular flexibility index (Phi) is 3.72. The van der Waals surface area contributed by atoms with Crippen LogP contribution in [0.25, 0.3) is 33.0 Å². The van der Waals surface area contributed by atoms with E-state index < -0.39 is 0 Å². The number of rotatable bonds is 1. The van der Waals surface area contributed by atoms with E-state index in [0.29, 0.717) is 35.6 Å². The summed E-state index contributed by atoms with van der Waals surface area (Å²) in [4.78, 5) is 4.54. The van der Waals surface area contributed by atoms with Crippen LogP contribution in [0.15, 0.2) is 46.9 Å². The number of ether oxygens (including phenoxy) is 2. The molecule has 2 aromatic carbocycles. The molecule has 3 N–H and O–H groups in total. The zero-order valence-corrected chi connectivity index (χ0v) is 15.4. The Morgan fingerprint density at radius 2 is 1.79 bits per heavy atom. The maximum atomic E-state index is 8.24. The summed E-state index contributed by atoms with van der Waals surface area (Å²) in [6.45, 7) is 3.29. The zero-order valence-electron chi connectivity index (χ0n) is 15.4. The smallest absolute Gasteiger partial charge is 0.223 e. The van der Waals surface area contributed by atoms with E-state index in [1.165, 1.54) is 0 Å². The van der Waals surface area contributed by atoms with Gasteiger partial charge in [-0.3, -0.25) is 5.41 Å². The van der Waals surface area contributed by atoms with Crippen LogP contribution in [0.5, 0.6) is 11.5 Å². The van der Waals surface area contributed by atoms with Gasteiger partial charge in [-0.25, -0.2) is 4.98 Å². The molecule has 0 unspecified atom stereocenters. The maximum absolute atomic E-state index is 8.24. The van der Waals surface area contributed by atoms with Crippen molar-refractivity contribution in [2.24, 2.45) is 0 Å². The van der Waals surface area contributed by atoms with Crippen LogP contribution in [0, 0.1) is 12.3 Å². The fourth-order valence-electron chi connectivity index (χ4n) is 3.59. The van der Waals surface area contributed by atoms with Crippen molar-refractivity contribution in [3.05, 3.63) is 53.6 Å². The molecule has 2 aromatic heterocycles. The summed E-state index contributed by atoms with van der Waals surface area (Å²) < 4.78 is 17.2. The fourth-order valence-corrected chi connectivity index (χ4v) is 3.59. The molecular formula is C22H19N3O3. The van der Waals surface area contributed by atoms with Gasteiger partial charge in [-0.15, -0.1) is 0 Å². The number of hydrogen-bond acceptors (Lipinski definition) is 6. The Bertz CT molecular complexity index is 1290. The van der Waals surface area contributed by atoms with Crippen molar-refractivity contribution in [1.82, 2.24) is 4.98 Å². The first-order valence-electron chi connectivity index (χ1n) is 9.18. The van der Waals surface area contributed by atoms with Crippen molar-refractivity contribution in [2.75, 3.05) is 18.9 Å². The van der Waals surface area contributed by atoms with Gasteiger partial charge in [0.15, 0.2) is 11.5 Å². The van der Waals surface area contributed by atoms with E-state index in [2.05, 4.69) is 4.98 Å². The third-order valence-electron chi connectivity index (χ3n) is 4.96. The van der Waals surface area contributed by atoms with Gasteiger partial charge in [0.1, 0.15) is 11.4 Å². The number of hydrogen-bond donors (Lipinski definition) is 2. The summed E-state index contributed by atoms with van der Waals surface area (Å²) in [6.07, 6.45) is 0.853. The standard InChI is InChI=1S/C22H19N3O3/c1-12-3-5-17-14(9-12)15-11-16(25-21(23)20(15)22(24)28-17)13-4-6-18-19(10-13)27-8-2-7-26-18/h3-6,9-11,24H,2,7-8H2,1H3,(H2,23,25). The number of aromatic nitrogens is 1. The van der Waals surface area contributed by atoms with Crippen LogP contribution in [0.1, 0.15) is 12.0 Å². The van der Waals surface area contributed by atoms with Gasteiger partial charge >= 0.3 is 0 Å². The SMILES string of the molecule is Cc1ccc2oc(=N)c3c(N)nc(-c4ccc5c(c4)OCCCO5)cc3c2c1. The average Bonchev–Trinajstić information content (AvgIpc) is 2.93. The topological polar surface area (TPSA) is 94.4 Å². The van der Waals surface area contributed by atoms with E-state index in [9.17, 15) is 0 Å². The molecule has 6 nitrogen and oxygen atoms in total. The van der Waals surface area contributed by atoms with E-state index in [1.807, 2.05) is 49.4 Å². The van der Waals surface area contributed by atoms with Gasteiger partial charge in [0.2, 0.25) is 5.55 Å². The van der Waals surface area contributed by atoms with Gasteiger partial charge in [-0.1, -0.05) is 11.6 Å². The number of aryl methyl sites for hydroxylation is 1. The van der Waals surface area contributed by atoms with Crippen LogP contribution in [0.2, 0.25) is 0 Å². The highest BCUT2D eigenvalue weighted by Crippen LogP contribution is 2.36. The maximum Gasteiger partial charge on any atom is 0.223 e. The van der Waals surface area contributed by atoms with E-state index in [0.717, 1.165) is 34.1 Å². The van der Waals surface area contributed by atoms with Gasteiger partial charge in [0, 0.05) is 22.8 Å². The van der Waals surface area contributed by atoms with Crippen LogP contribution >= 0.6 is 0 Å². The van der Waals surface area contributed by atoms with Crippen molar-refractivity contribution in [2.45, 2.75) is 13.3 Å². The number of nitrogens with one attached hydrogen (secondary N) is 1. The highest BCUT2D eigenvalue weighted by atomic mass is 16.5. The molecular weight excluding hydrogens is 354 g/mol. The average molecular weight is 373 g/mol. The number of pyridine rings is 1. The molecule has 0 atom stereocenters. The van der Waals surface area contributed by atoms with Gasteiger partial charge in [-0.2, -0.15) is 0 Å². The first kappa shape index (κ1) is 16.6. The van der Waals surface area contributed by atoms with Gasteiger partial charge < -0.3 is 19.6 Å². The highest BCUT2D eigenvalue weighted by Gasteiger charge is 2.15. The van der Waals surface area contributed by atoms with Crippen LogP contribution in [-0.2, 0) is 0 Å². The lowest BCUT2D eigenvalue weighted by atomic mass is 10.0. The molecule has 0 radical (unpaired) electrons. The van der Waals surface area contributed by atoms with Crippen molar-refractivity contribution in [1.29, 1.82) is 5.41 Å². The molecule has 3 heterocycles. The summed E-state index contributed by atoms with van der Waals surface area (Å²) >= 11 is 0. The number of fused-ring (bicyclic) bond motifs is 4. The Morgan fingerprint density at radius 1 is 0.964 bits per heavy atom. The monoisotopic (exact) mass is 373 g/mol. The number of benzene rings is 2. The number of anilines is 1. The molecule has 0 bridgehead atoms. The van der Waals surface area contributed by atoms with Crippen molar-refractivity contribution in [3.8, 4) is 22.8 Å². The lowest BCUT2D eigenvalue weighted by Crippen LogP contribution is -2.06. The molecule has 0 saturated carbocycles. The van der Waals surface area contributed by atoms with Crippen LogP contribution in [0.3, 0.4) is 0 Å². The minimum atomic E-state index is 0.0153. The van der Waals surface area contributed by atoms with E-state index >= 15 is 0 Å². The molecule has 140 valence electrons. The van der Waals surface area contributed by atoms with Crippen LogP contribution in [0.4, 0.5) is 5.82 Å². The summed E-state index contributed by atoms with van der Waals surface area (Å²) in [6, 6.07) is 13.6. The summed E-state index contributed by atoms with van der Waals surface area (Å²) in [5.74, 6) is 1.72. The van der Waals surface area contributed by atoms with E-state index in [1.54, 1.807) is 0 Å². The summed E-state index contributed by atoms with van der Waals surface area (Å²) in [5, 5.41) is 10.5. The lowest BCUT2D eigenvalue weighted by Gasteiger charge is -2.12. The molecule has 1 aliphatic heterocycles. The predicted molar refractivity (Wildman–Crippen MR) is 108 cm³/mol. The third-order valence-corrected chi connectivity index (χ3v) is 4.96. The summed E-state index contributed by atoms with van der Waals surface area (Å²) in [5.41, 5.74) is 9.61. The molecule has 4 aromatic rings. The first-order valence-corrected chi connectivity index (χ1v) is 9.18. The first-order chi connectivity index (χ1) is 13.6. The molecule has 0 amide bonds. The molecule has 0 spiro atoms. The Hall–Kier alpha value is -3.54. The van der Waals surface area contributed by atoms with Gasteiger partial charge in [0.25, 0.3) is 0 Å². The molecule has 1 aliphatic rings. The second kappa shape index (κ2) is 6.27. The Labute approximate surface area is 161 Å². The number of nitrogen functional groups attached to an aromatic ring is 1. The molecule has 28 heavy (non-hydrogen) atoms.